The van der Waals surface area contributed by atoms with E-state index in [0.717, 1.165) is 12.8 Å². The number of carbonyl (C=O) groups excluding carboxylic acids is 2. The van der Waals surface area contributed by atoms with Gasteiger partial charge in [0.1, 0.15) is 6.54 Å². The molecule has 0 bridgehead atoms. The third-order valence-electron chi connectivity index (χ3n) is 5.77. The van der Waals surface area contributed by atoms with E-state index in [1.165, 1.54) is 78.7 Å². The SMILES string of the molecule is CC(=O)N(c1ccc(S(=O)(=O)CC2CC2)nc1)c1cccc(C(=O)N(CC(F)(F)F)c2ccccc2)c1. The summed E-state index contributed by atoms with van der Waals surface area (Å²) in [4.78, 5) is 31.6. The van der Waals surface area contributed by atoms with Gasteiger partial charge in [0.2, 0.25) is 5.91 Å². The van der Waals surface area contributed by atoms with Crippen LogP contribution in [-0.2, 0) is 14.6 Å². The second-order valence-electron chi connectivity index (χ2n) is 8.83. The van der Waals surface area contributed by atoms with Crippen molar-refractivity contribution in [2.24, 2.45) is 5.92 Å². The van der Waals surface area contributed by atoms with Gasteiger partial charge in [-0.2, -0.15) is 13.2 Å². The lowest BCUT2D eigenvalue weighted by Gasteiger charge is -2.25. The topological polar surface area (TPSA) is 87.6 Å². The first-order valence-corrected chi connectivity index (χ1v) is 13.1. The van der Waals surface area contributed by atoms with Gasteiger partial charge in [-0.15, -0.1) is 0 Å². The van der Waals surface area contributed by atoms with Gasteiger partial charge in [-0.05, 0) is 61.2 Å². The zero-order chi connectivity index (χ0) is 26.8. The summed E-state index contributed by atoms with van der Waals surface area (Å²) in [6.07, 6.45) is -1.65. The van der Waals surface area contributed by atoms with Crippen molar-refractivity contribution >= 4 is 38.7 Å². The number of rotatable bonds is 8. The van der Waals surface area contributed by atoms with Crippen molar-refractivity contribution in [1.82, 2.24) is 4.98 Å². The number of alkyl halides is 3. The first kappa shape index (κ1) is 26.3. The molecule has 0 radical (unpaired) electrons. The maximum atomic E-state index is 13.3. The number of anilines is 3. The molecule has 11 heteroatoms. The largest absolute Gasteiger partial charge is 0.406 e. The van der Waals surface area contributed by atoms with E-state index in [-0.39, 0.29) is 39.3 Å². The molecule has 1 saturated carbocycles. The fraction of sp³-hybridized carbons (Fsp3) is 0.269. The number of nitrogens with zero attached hydrogens (tertiary/aromatic N) is 3. The van der Waals surface area contributed by atoms with E-state index in [1.54, 1.807) is 6.07 Å². The van der Waals surface area contributed by atoms with E-state index >= 15 is 0 Å². The maximum absolute atomic E-state index is 13.3. The Morgan fingerprint density at radius 2 is 1.62 bits per heavy atom. The Kier molecular flexibility index (Phi) is 7.35. The van der Waals surface area contributed by atoms with Gasteiger partial charge in [-0.25, -0.2) is 13.4 Å². The molecule has 0 N–H and O–H groups in total. The number of pyridine rings is 1. The molecular weight excluding hydrogens is 507 g/mol. The second-order valence-corrected chi connectivity index (χ2v) is 10.8. The molecule has 4 rings (SSSR count). The first-order chi connectivity index (χ1) is 17.4. The summed E-state index contributed by atoms with van der Waals surface area (Å²) >= 11 is 0. The van der Waals surface area contributed by atoms with Crippen molar-refractivity contribution in [2.75, 3.05) is 22.1 Å². The molecule has 1 aliphatic carbocycles. The monoisotopic (exact) mass is 531 g/mol. The van der Waals surface area contributed by atoms with Crippen LogP contribution in [0.15, 0.2) is 78.0 Å². The lowest BCUT2D eigenvalue weighted by atomic mass is 10.1. The van der Waals surface area contributed by atoms with E-state index in [2.05, 4.69) is 4.98 Å². The van der Waals surface area contributed by atoms with Gasteiger partial charge in [-0.3, -0.25) is 19.4 Å². The highest BCUT2D eigenvalue weighted by Gasteiger charge is 2.34. The van der Waals surface area contributed by atoms with Crippen LogP contribution in [0.3, 0.4) is 0 Å². The van der Waals surface area contributed by atoms with Crippen LogP contribution in [0.5, 0.6) is 0 Å². The zero-order valence-electron chi connectivity index (χ0n) is 19.9. The van der Waals surface area contributed by atoms with E-state index in [0.29, 0.717) is 4.90 Å². The van der Waals surface area contributed by atoms with E-state index in [4.69, 9.17) is 0 Å². The molecule has 0 spiro atoms. The maximum Gasteiger partial charge on any atom is 0.406 e. The minimum atomic E-state index is -4.64. The average molecular weight is 532 g/mol. The van der Waals surface area contributed by atoms with Crippen molar-refractivity contribution < 1.29 is 31.2 Å². The van der Waals surface area contributed by atoms with Crippen molar-refractivity contribution in [3.63, 3.8) is 0 Å². The molecule has 2 amide bonds. The average Bonchev–Trinajstić information content (AvgIpc) is 3.66. The summed E-state index contributed by atoms with van der Waals surface area (Å²) in [7, 11) is -3.55. The number of amides is 2. The number of hydrogen-bond acceptors (Lipinski definition) is 5. The summed E-state index contributed by atoms with van der Waals surface area (Å²) < 4.78 is 64.9. The molecule has 1 aliphatic rings. The van der Waals surface area contributed by atoms with Gasteiger partial charge < -0.3 is 0 Å². The molecule has 2 aromatic carbocycles. The minimum absolute atomic E-state index is 0.0236. The Bertz CT molecular complexity index is 1390. The second kappa shape index (κ2) is 10.3. The van der Waals surface area contributed by atoms with Gasteiger partial charge >= 0.3 is 6.18 Å². The normalized spacial score (nSPS) is 13.7. The number of para-hydroxylation sites is 1. The van der Waals surface area contributed by atoms with Crippen LogP contribution in [0.4, 0.5) is 30.2 Å². The van der Waals surface area contributed by atoms with E-state index < -0.39 is 34.4 Å². The lowest BCUT2D eigenvalue weighted by Crippen LogP contribution is -2.39. The standard InChI is InChI=1S/C26H24F3N3O4S/c1-18(33)32(23-12-13-24(30-15-23)37(35,36)16-19-10-11-19)22-9-5-6-20(14-22)25(34)31(17-26(27,28)29)21-7-3-2-4-8-21/h2-9,12-15,19H,10-11,16-17H2,1H3. The Morgan fingerprint density at radius 1 is 0.946 bits per heavy atom. The van der Waals surface area contributed by atoms with Crippen LogP contribution in [0.25, 0.3) is 0 Å². The van der Waals surface area contributed by atoms with Gasteiger partial charge in [0, 0.05) is 23.9 Å². The lowest BCUT2D eigenvalue weighted by molar-refractivity contribution is -0.118. The molecule has 0 unspecified atom stereocenters. The summed E-state index contributed by atoms with van der Waals surface area (Å²) in [6.45, 7) is -0.219. The highest BCUT2D eigenvalue weighted by Crippen LogP contribution is 2.33. The predicted molar refractivity (Wildman–Crippen MR) is 132 cm³/mol. The van der Waals surface area contributed by atoms with Crippen LogP contribution in [-0.4, -0.2) is 43.7 Å². The van der Waals surface area contributed by atoms with Crippen LogP contribution in [0.2, 0.25) is 0 Å². The number of carbonyl (C=O) groups is 2. The van der Waals surface area contributed by atoms with Crippen LogP contribution >= 0.6 is 0 Å². The first-order valence-electron chi connectivity index (χ1n) is 11.5. The van der Waals surface area contributed by atoms with Crippen molar-refractivity contribution in [3.05, 3.63) is 78.5 Å². The Balaban J connectivity index is 1.65. The summed E-state index contributed by atoms with van der Waals surface area (Å²) in [6, 6.07) is 15.9. The number of hydrogen-bond donors (Lipinski definition) is 0. The molecule has 37 heavy (non-hydrogen) atoms. The molecule has 7 nitrogen and oxygen atoms in total. The highest BCUT2D eigenvalue weighted by atomic mass is 32.2. The molecule has 1 aromatic heterocycles. The summed E-state index contributed by atoms with van der Waals surface area (Å²) in [5.74, 6) is -1.19. The fourth-order valence-electron chi connectivity index (χ4n) is 3.88. The quantitative estimate of drug-likeness (QED) is 0.401. The van der Waals surface area contributed by atoms with Crippen LogP contribution < -0.4 is 9.80 Å². The summed E-state index contributed by atoms with van der Waals surface area (Å²) in [5, 5.41) is -0.0961. The number of halogens is 3. The van der Waals surface area contributed by atoms with Gasteiger partial charge in [0.05, 0.1) is 17.6 Å². The Labute approximate surface area is 212 Å². The smallest absolute Gasteiger partial charge is 0.299 e. The highest BCUT2D eigenvalue weighted by molar-refractivity contribution is 7.91. The van der Waals surface area contributed by atoms with Gasteiger partial charge in [-0.1, -0.05) is 24.3 Å². The Hall–Kier alpha value is -3.73. The van der Waals surface area contributed by atoms with Crippen molar-refractivity contribution in [3.8, 4) is 0 Å². The molecule has 0 aliphatic heterocycles. The molecule has 0 saturated heterocycles. The molecule has 0 atom stereocenters. The molecule has 1 heterocycles. The number of sulfone groups is 1. The zero-order valence-corrected chi connectivity index (χ0v) is 20.7. The minimum Gasteiger partial charge on any atom is -0.299 e. The molecule has 1 fully saturated rings. The van der Waals surface area contributed by atoms with Crippen LogP contribution in [0.1, 0.15) is 30.1 Å². The van der Waals surface area contributed by atoms with Crippen molar-refractivity contribution in [1.29, 1.82) is 0 Å². The van der Waals surface area contributed by atoms with E-state index in [9.17, 15) is 31.2 Å². The van der Waals surface area contributed by atoms with Crippen molar-refractivity contribution in [2.45, 2.75) is 31.0 Å². The fourth-order valence-corrected chi connectivity index (χ4v) is 5.50. The third-order valence-corrected chi connectivity index (χ3v) is 7.56. The van der Waals surface area contributed by atoms with E-state index in [1.807, 2.05) is 0 Å². The molecule has 194 valence electrons. The predicted octanol–water partition coefficient (Wildman–Crippen LogP) is 5.16. The molecular formula is C26H24F3N3O4S. The Morgan fingerprint density at radius 3 is 2.19 bits per heavy atom. The molecule has 3 aromatic rings. The summed E-state index contributed by atoms with van der Waals surface area (Å²) in [5.41, 5.74) is 0.478. The number of benzene rings is 2. The third kappa shape index (κ3) is 6.53. The number of aromatic nitrogens is 1. The van der Waals surface area contributed by atoms with Crippen LogP contribution in [0, 0.1) is 5.92 Å². The van der Waals surface area contributed by atoms with Gasteiger partial charge in [0.15, 0.2) is 14.9 Å². The van der Waals surface area contributed by atoms with Gasteiger partial charge in [0.25, 0.3) is 5.91 Å².